The molecule has 9 heteroatoms. The SMILES string of the molecule is COc1ccc(S(=O)(=O)[C@@H]2CS(=O)(=O)C[C@H]2NCCc2cccs2)cc1C. The Kier molecular flexibility index (Phi) is 5.95. The van der Waals surface area contributed by atoms with Crippen molar-refractivity contribution in [2.45, 2.75) is 29.5 Å². The van der Waals surface area contributed by atoms with Crippen LogP contribution in [0.2, 0.25) is 0 Å². The summed E-state index contributed by atoms with van der Waals surface area (Å²) in [5, 5.41) is 4.16. The molecule has 1 aromatic heterocycles. The first kappa shape index (κ1) is 20.3. The molecule has 0 aliphatic carbocycles. The summed E-state index contributed by atoms with van der Waals surface area (Å²) in [7, 11) is -5.67. The molecule has 1 fully saturated rings. The first-order chi connectivity index (χ1) is 12.7. The summed E-state index contributed by atoms with van der Waals surface area (Å²) in [5.74, 6) is 0.0895. The summed E-state index contributed by atoms with van der Waals surface area (Å²) in [6.45, 7) is 2.30. The van der Waals surface area contributed by atoms with Crippen molar-refractivity contribution in [2.75, 3.05) is 25.2 Å². The van der Waals surface area contributed by atoms with E-state index in [1.165, 1.54) is 18.1 Å². The summed E-state index contributed by atoms with van der Waals surface area (Å²) in [4.78, 5) is 1.31. The zero-order valence-electron chi connectivity index (χ0n) is 15.2. The van der Waals surface area contributed by atoms with Crippen LogP contribution in [-0.4, -0.2) is 53.3 Å². The van der Waals surface area contributed by atoms with Gasteiger partial charge in [-0.3, -0.25) is 0 Å². The van der Waals surface area contributed by atoms with E-state index in [0.717, 1.165) is 6.42 Å². The van der Waals surface area contributed by atoms with E-state index in [1.54, 1.807) is 30.4 Å². The predicted octanol–water partition coefficient (Wildman–Crippen LogP) is 1.84. The number of rotatable bonds is 7. The number of aryl methyl sites for hydroxylation is 1. The number of thiophene rings is 1. The Balaban J connectivity index is 1.81. The normalized spacial score (nSPS) is 22.0. The van der Waals surface area contributed by atoms with Gasteiger partial charge in [-0.25, -0.2) is 16.8 Å². The molecular formula is C18H23NO5S3. The Morgan fingerprint density at radius 2 is 2.04 bits per heavy atom. The molecular weight excluding hydrogens is 406 g/mol. The average Bonchev–Trinajstić information content (AvgIpc) is 3.22. The van der Waals surface area contributed by atoms with Crippen molar-refractivity contribution in [3.05, 3.63) is 46.2 Å². The summed E-state index contributed by atoms with van der Waals surface area (Å²) < 4.78 is 55.8. The van der Waals surface area contributed by atoms with E-state index < -0.39 is 31.0 Å². The minimum atomic E-state index is -3.79. The maximum atomic E-state index is 13.1. The van der Waals surface area contributed by atoms with E-state index in [-0.39, 0.29) is 16.4 Å². The van der Waals surface area contributed by atoms with E-state index in [9.17, 15) is 16.8 Å². The van der Waals surface area contributed by atoms with Gasteiger partial charge in [-0.15, -0.1) is 11.3 Å². The van der Waals surface area contributed by atoms with Crippen molar-refractivity contribution in [3.63, 3.8) is 0 Å². The standard InChI is InChI=1S/C18H23NO5S3/c1-13-10-15(5-6-17(13)24-2)27(22,23)18-12-26(20,21)11-16(18)19-8-7-14-4-3-9-25-14/h3-6,9-10,16,18-19H,7-8,11-12H2,1-2H3/t16-,18-/m1/s1. The number of methoxy groups -OCH3 is 1. The lowest BCUT2D eigenvalue weighted by atomic mass is 10.2. The number of sulfone groups is 2. The molecule has 0 amide bonds. The van der Waals surface area contributed by atoms with E-state index in [2.05, 4.69) is 5.32 Å². The average molecular weight is 430 g/mol. The molecule has 6 nitrogen and oxygen atoms in total. The van der Waals surface area contributed by atoms with Crippen molar-refractivity contribution in [1.82, 2.24) is 5.32 Å². The van der Waals surface area contributed by atoms with Crippen LogP contribution < -0.4 is 10.1 Å². The monoisotopic (exact) mass is 429 g/mol. The first-order valence-corrected chi connectivity index (χ1v) is 12.8. The maximum absolute atomic E-state index is 13.1. The largest absolute Gasteiger partial charge is 0.496 e. The highest BCUT2D eigenvalue weighted by molar-refractivity contribution is 7.96. The second-order valence-electron chi connectivity index (χ2n) is 6.68. The van der Waals surface area contributed by atoms with Crippen molar-refractivity contribution in [1.29, 1.82) is 0 Å². The van der Waals surface area contributed by atoms with Crippen molar-refractivity contribution >= 4 is 31.0 Å². The molecule has 148 valence electrons. The van der Waals surface area contributed by atoms with Gasteiger partial charge in [-0.2, -0.15) is 0 Å². The summed E-state index contributed by atoms with van der Waals surface area (Å²) in [6, 6.07) is 7.98. The van der Waals surface area contributed by atoms with Gasteiger partial charge < -0.3 is 10.1 Å². The zero-order valence-corrected chi connectivity index (χ0v) is 17.7. The van der Waals surface area contributed by atoms with Gasteiger partial charge in [0.15, 0.2) is 19.7 Å². The van der Waals surface area contributed by atoms with Crippen LogP contribution in [-0.2, 0) is 26.1 Å². The fraction of sp³-hybridized carbons (Fsp3) is 0.444. The van der Waals surface area contributed by atoms with Gasteiger partial charge in [-0.1, -0.05) is 6.07 Å². The summed E-state index contributed by atoms with van der Waals surface area (Å²) in [5.41, 5.74) is 0.696. The van der Waals surface area contributed by atoms with Crippen LogP contribution in [0.4, 0.5) is 0 Å². The van der Waals surface area contributed by atoms with Crippen LogP contribution >= 0.6 is 11.3 Å². The van der Waals surface area contributed by atoms with E-state index in [4.69, 9.17) is 4.74 Å². The van der Waals surface area contributed by atoms with Crippen LogP contribution in [0.5, 0.6) is 5.75 Å². The maximum Gasteiger partial charge on any atom is 0.183 e. The molecule has 1 saturated heterocycles. The topological polar surface area (TPSA) is 89.5 Å². The third-order valence-electron chi connectivity index (χ3n) is 4.75. The Morgan fingerprint density at radius 1 is 1.26 bits per heavy atom. The van der Waals surface area contributed by atoms with Crippen molar-refractivity contribution in [3.8, 4) is 5.75 Å². The Bertz CT molecular complexity index is 998. The van der Waals surface area contributed by atoms with Crippen LogP contribution in [0.3, 0.4) is 0 Å². The Labute approximate surface area is 164 Å². The Hall–Kier alpha value is -1.42. The smallest absolute Gasteiger partial charge is 0.183 e. The van der Waals surface area contributed by atoms with Gasteiger partial charge in [0.05, 0.1) is 28.8 Å². The molecule has 1 N–H and O–H groups in total. The number of nitrogens with one attached hydrogen (secondary N) is 1. The van der Waals surface area contributed by atoms with Gasteiger partial charge >= 0.3 is 0 Å². The predicted molar refractivity (Wildman–Crippen MR) is 107 cm³/mol. The highest BCUT2D eigenvalue weighted by atomic mass is 32.2. The molecule has 2 heterocycles. The third kappa shape index (κ3) is 4.53. The van der Waals surface area contributed by atoms with E-state index in [0.29, 0.717) is 17.9 Å². The van der Waals surface area contributed by atoms with Crippen LogP contribution in [0.1, 0.15) is 10.4 Å². The van der Waals surface area contributed by atoms with Gasteiger partial charge in [0.25, 0.3) is 0 Å². The highest BCUT2D eigenvalue weighted by Gasteiger charge is 2.45. The minimum Gasteiger partial charge on any atom is -0.496 e. The summed E-state index contributed by atoms with van der Waals surface area (Å²) in [6.07, 6.45) is 0.739. The van der Waals surface area contributed by atoms with E-state index in [1.807, 2.05) is 17.5 Å². The molecule has 1 aliphatic rings. The number of ether oxygens (including phenoxy) is 1. The third-order valence-corrected chi connectivity index (χ3v) is 9.84. The first-order valence-electron chi connectivity index (χ1n) is 8.58. The van der Waals surface area contributed by atoms with Gasteiger partial charge in [0.1, 0.15) is 5.75 Å². The number of benzene rings is 1. The molecule has 0 radical (unpaired) electrons. The molecule has 0 spiro atoms. The lowest BCUT2D eigenvalue weighted by Crippen LogP contribution is -2.44. The van der Waals surface area contributed by atoms with Gasteiger partial charge in [-0.05, 0) is 48.6 Å². The second kappa shape index (κ2) is 7.90. The fourth-order valence-electron chi connectivity index (χ4n) is 3.35. The molecule has 0 unspecified atom stereocenters. The molecule has 1 aliphatic heterocycles. The Morgan fingerprint density at radius 3 is 2.67 bits per heavy atom. The molecule has 0 saturated carbocycles. The van der Waals surface area contributed by atoms with Gasteiger partial charge in [0, 0.05) is 17.5 Å². The molecule has 3 rings (SSSR count). The van der Waals surface area contributed by atoms with Crippen LogP contribution in [0.15, 0.2) is 40.6 Å². The van der Waals surface area contributed by atoms with Crippen molar-refractivity contribution in [2.24, 2.45) is 0 Å². The summed E-state index contributed by atoms with van der Waals surface area (Å²) >= 11 is 1.63. The van der Waals surface area contributed by atoms with Gasteiger partial charge in [0.2, 0.25) is 0 Å². The molecule has 2 aromatic rings. The number of hydrogen-bond donors (Lipinski definition) is 1. The van der Waals surface area contributed by atoms with E-state index >= 15 is 0 Å². The van der Waals surface area contributed by atoms with Crippen LogP contribution in [0.25, 0.3) is 0 Å². The molecule has 1 aromatic carbocycles. The molecule has 0 bridgehead atoms. The van der Waals surface area contributed by atoms with Crippen LogP contribution in [0, 0.1) is 6.92 Å². The quantitative estimate of drug-likeness (QED) is 0.722. The molecule has 27 heavy (non-hydrogen) atoms. The lowest BCUT2D eigenvalue weighted by molar-refractivity contribution is 0.411. The lowest BCUT2D eigenvalue weighted by Gasteiger charge is -2.20. The van der Waals surface area contributed by atoms with Crippen molar-refractivity contribution < 1.29 is 21.6 Å². The highest BCUT2D eigenvalue weighted by Crippen LogP contribution is 2.29. The zero-order chi connectivity index (χ0) is 19.7. The second-order valence-corrected chi connectivity index (χ2v) is 12.0. The molecule has 2 atom stereocenters. The fourth-order valence-corrected chi connectivity index (χ4v) is 8.86. The minimum absolute atomic E-state index is 0.132. The number of hydrogen-bond acceptors (Lipinski definition) is 7.